The maximum absolute atomic E-state index is 12.0. The second kappa shape index (κ2) is 5.73. The Balaban J connectivity index is 2.10. The minimum atomic E-state index is -1.01. The number of pyridine rings is 1. The molecule has 1 saturated heterocycles. The summed E-state index contributed by atoms with van der Waals surface area (Å²) in [5, 5.41) is 11.7. The van der Waals surface area contributed by atoms with Crippen LogP contribution in [0.15, 0.2) is 12.1 Å². The molecule has 0 radical (unpaired) electrons. The smallest absolute Gasteiger partial charge is 0.311 e. The molecule has 1 aliphatic heterocycles. The number of hydrogen-bond acceptors (Lipinski definition) is 4. The highest BCUT2D eigenvalue weighted by Gasteiger charge is 2.35. The summed E-state index contributed by atoms with van der Waals surface area (Å²) >= 11 is 11.4. The zero-order valence-electron chi connectivity index (χ0n) is 9.60. The Hall–Kier alpha value is -1.37. The van der Waals surface area contributed by atoms with Crippen LogP contribution < -0.4 is 5.32 Å². The molecule has 1 fully saturated rings. The number of nitrogens with one attached hydrogen (secondary N) is 1. The molecule has 0 aromatic carbocycles. The van der Waals surface area contributed by atoms with Crippen molar-refractivity contribution in [3.05, 3.63) is 28.0 Å². The summed E-state index contributed by atoms with van der Waals surface area (Å²) in [5.74, 6) is -2.28. The second-order valence-electron chi connectivity index (χ2n) is 4.03. The van der Waals surface area contributed by atoms with Crippen molar-refractivity contribution in [3.63, 3.8) is 0 Å². The molecular formula is C11H10Cl2N2O4. The van der Waals surface area contributed by atoms with E-state index in [9.17, 15) is 9.59 Å². The van der Waals surface area contributed by atoms with E-state index in [0.717, 1.165) is 0 Å². The normalized spacial score (nSPS) is 22.2. The first kappa shape index (κ1) is 14.0. The van der Waals surface area contributed by atoms with Crippen LogP contribution in [0.3, 0.4) is 0 Å². The quantitative estimate of drug-likeness (QED) is 0.820. The molecule has 102 valence electrons. The van der Waals surface area contributed by atoms with Gasteiger partial charge in [-0.1, -0.05) is 23.2 Å². The topological polar surface area (TPSA) is 88.5 Å². The van der Waals surface area contributed by atoms with Gasteiger partial charge in [-0.25, -0.2) is 4.98 Å². The molecule has 19 heavy (non-hydrogen) atoms. The van der Waals surface area contributed by atoms with Gasteiger partial charge < -0.3 is 15.2 Å². The number of amides is 1. The highest BCUT2D eigenvalue weighted by atomic mass is 35.5. The molecule has 0 spiro atoms. The van der Waals surface area contributed by atoms with Gasteiger partial charge in [0.2, 0.25) is 0 Å². The van der Waals surface area contributed by atoms with E-state index in [4.69, 9.17) is 33.0 Å². The zero-order chi connectivity index (χ0) is 14.0. The lowest BCUT2D eigenvalue weighted by Gasteiger charge is -2.15. The summed E-state index contributed by atoms with van der Waals surface area (Å²) in [6.07, 6.45) is 0. The lowest BCUT2D eigenvalue weighted by atomic mass is 10.0. The molecule has 0 saturated carbocycles. The van der Waals surface area contributed by atoms with Crippen molar-refractivity contribution >= 4 is 35.1 Å². The molecule has 2 N–H and O–H groups in total. The number of halogens is 2. The Morgan fingerprint density at radius 2 is 2.11 bits per heavy atom. The van der Waals surface area contributed by atoms with E-state index in [-0.39, 0.29) is 29.1 Å². The van der Waals surface area contributed by atoms with Gasteiger partial charge in [0, 0.05) is 0 Å². The van der Waals surface area contributed by atoms with Crippen LogP contribution >= 0.6 is 23.2 Å². The molecule has 0 bridgehead atoms. The van der Waals surface area contributed by atoms with Gasteiger partial charge in [-0.05, 0) is 12.1 Å². The highest BCUT2D eigenvalue weighted by molar-refractivity contribution is 6.34. The molecule has 2 unspecified atom stereocenters. The van der Waals surface area contributed by atoms with Crippen molar-refractivity contribution in [1.29, 1.82) is 0 Å². The minimum absolute atomic E-state index is 0.0317. The fraction of sp³-hybridized carbons (Fsp3) is 0.364. The maximum atomic E-state index is 12.0. The van der Waals surface area contributed by atoms with Crippen molar-refractivity contribution < 1.29 is 19.4 Å². The van der Waals surface area contributed by atoms with Gasteiger partial charge in [-0.2, -0.15) is 0 Å². The number of ether oxygens (including phenoxy) is 1. The molecule has 1 aromatic rings. The van der Waals surface area contributed by atoms with Gasteiger partial charge in [0.05, 0.1) is 24.8 Å². The average Bonchev–Trinajstić information content (AvgIpc) is 2.76. The van der Waals surface area contributed by atoms with E-state index >= 15 is 0 Å². The molecule has 0 aliphatic carbocycles. The summed E-state index contributed by atoms with van der Waals surface area (Å²) in [6.45, 7) is 0.230. The van der Waals surface area contributed by atoms with Gasteiger partial charge in [-0.3, -0.25) is 9.59 Å². The summed E-state index contributed by atoms with van der Waals surface area (Å²) < 4.78 is 5.05. The van der Waals surface area contributed by atoms with Crippen LogP contribution in [0.5, 0.6) is 0 Å². The van der Waals surface area contributed by atoms with Crippen LogP contribution in [0.25, 0.3) is 0 Å². The largest absolute Gasteiger partial charge is 0.481 e. The van der Waals surface area contributed by atoms with Crippen molar-refractivity contribution in [1.82, 2.24) is 10.3 Å². The summed E-state index contributed by atoms with van der Waals surface area (Å²) in [6, 6.07) is 2.28. The Labute approximate surface area is 118 Å². The van der Waals surface area contributed by atoms with E-state index in [1.165, 1.54) is 12.1 Å². The van der Waals surface area contributed by atoms with E-state index in [1.807, 2.05) is 0 Å². The summed E-state index contributed by atoms with van der Waals surface area (Å²) in [7, 11) is 0. The molecule has 1 aromatic heterocycles. The Morgan fingerprint density at radius 1 is 1.37 bits per heavy atom. The van der Waals surface area contributed by atoms with E-state index in [1.54, 1.807) is 0 Å². The first-order chi connectivity index (χ1) is 8.99. The standard InChI is InChI=1S/C11H10Cl2N2O4/c12-8-2-1-5(9(13)15-8)10(16)14-7-4-19-3-6(7)11(17)18/h1-2,6-7H,3-4H2,(H,14,16)(H,17,18). The van der Waals surface area contributed by atoms with Crippen molar-refractivity contribution in [3.8, 4) is 0 Å². The summed E-state index contributed by atoms with van der Waals surface area (Å²) in [5.41, 5.74) is 0.141. The Morgan fingerprint density at radius 3 is 2.74 bits per heavy atom. The number of carbonyl (C=O) groups is 2. The van der Waals surface area contributed by atoms with Crippen molar-refractivity contribution in [2.24, 2.45) is 5.92 Å². The van der Waals surface area contributed by atoms with E-state index in [0.29, 0.717) is 0 Å². The first-order valence-corrected chi connectivity index (χ1v) is 6.18. The maximum Gasteiger partial charge on any atom is 0.311 e. The third-order valence-corrected chi connectivity index (χ3v) is 3.27. The number of carboxylic acids is 1. The number of carbonyl (C=O) groups excluding carboxylic acids is 1. The number of aromatic nitrogens is 1. The molecule has 2 atom stereocenters. The summed E-state index contributed by atoms with van der Waals surface area (Å²) in [4.78, 5) is 26.7. The van der Waals surface area contributed by atoms with Crippen LogP contribution in [0.1, 0.15) is 10.4 Å². The fourth-order valence-corrected chi connectivity index (χ4v) is 2.20. The molecule has 1 amide bonds. The number of nitrogens with zero attached hydrogens (tertiary/aromatic N) is 1. The number of carboxylic acid groups (broad SMARTS) is 1. The average molecular weight is 305 g/mol. The Kier molecular flexibility index (Phi) is 4.24. The second-order valence-corrected chi connectivity index (χ2v) is 4.78. The van der Waals surface area contributed by atoms with Gasteiger partial charge in [-0.15, -0.1) is 0 Å². The van der Waals surface area contributed by atoms with Crippen LogP contribution in [0.4, 0.5) is 0 Å². The zero-order valence-corrected chi connectivity index (χ0v) is 11.1. The van der Waals surface area contributed by atoms with Crippen LogP contribution in [-0.2, 0) is 9.53 Å². The monoisotopic (exact) mass is 304 g/mol. The predicted octanol–water partition coefficient (Wildman–Crippen LogP) is 1.22. The molecule has 2 rings (SSSR count). The van der Waals surface area contributed by atoms with Gasteiger partial charge in [0.25, 0.3) is 5.91 Å². The molecule has 2 heterocycles. The van der Waals surface area contributed by atoms with Gasteiger partial charge in [0.15, 0.2) is 0 Å². The number of hydrogen-bond donors (Lipinski definition) is 2. The first-order valence-electron chi connectivity index (χ1n) is 5.42. The molecule has 1 aliphatic rings. The third kappa shape index (κ3) is 3.15. The Bertz CT molecular complexity index is 523. The van der Waals surface area contributed by atoms with Crippen LogP contribution in [0, 0.1) is 5.92 Å². The predicted molar refractivity (Wildman–Crippen MR) is 67.5 cm³/mol. The van der Waals surface area contributed by atoms with Gasteiger partial charge in [0.1, 0.15) is 16.2 Å². The molecule has 6 nitrogen and oxygen atoms in total. The van der Waals surface area contributed by atoms with E-state index < -0.39 is 23.8 Å². The van der Waals surface area contributed by atoms with Crippen LogP contribution in [-0.4, -0.2) is 41.2 Å². The number of aliphatic carboxylic acids is 1. The van der Waals surface area contributed by atoms with Crippen molar-refractivity contribution in [2.45, 2.75) is 6.04 Å². The lowest BCUT2D eigenvalue weighted by Crippen LogP contribution is -2.42. The number of rotatable bonds is 3. The lowest BCUT2D eigenvalue weighted by molar-refractivity contribution is -0.142. The molecule has 8 heteroatoms. The van der Waals surface area contributed by atoms with Crippen molar-refractivity contribution in [2.75, 3.05) is 13.2 Å². The van der Waals surface area contributed by atoms with E-state index in [2.05, 4.69) is 10.3 Å². The SMILES string of the molecule is O=C(NC1COCC1C(=O)O)c1ccc(Cl)nc1Cl. The highest BCUT2D eigenvalue weighted by Crippen LogP contribution is 2.19. The third-order valence-electron chi connectivity index (χ3n) is 2.77. The minimum Gasteiger partial charge on any atom is -0.481 e. The van der Waals surface area contributed by atoms with Gasteiger partial charge >= 0.3 is 5.97 Å². The molecular weight excluding hydrogens is 295 g/mol. The fourth-order valence-electron chi connectivity index (χ4n) is 1.77. The van der Waals surface area contributed by atoms with Crippen LogP contribution in [0.2, 0.25) is 10.3 Å².